The Morgan fingerprint density at radius 1 is 1.40 bits per heavy atom. The summed E-state index contributed by atoms with van der Waals surface area (Å²) in [6, 6.07) is 7.77. The summed E-state index contributed by atoms with van der Waals surface area (Å²) in [7, 11) is 0. The Balaban J connectivity index is 2.54. The van der Waals surface area contributed by atoms with Crippen LogP contribution >= 0.6 is 11.6 Å². The van der Waals surface area contributed by atoms with Crippen LogP contribution in [0.25, 0.3) is 10.9 Å². The van der Waals surface area contributed by atoms with Gasteiger partial charge in [-0.05, 0) is 0 Å². The van der Waals surface area contributed by atoms with Crippen molar-refractivity contribution in [3.8, 4) is 12.3 Å². The van der Waals surface area contributed by atoms with Gasteiger partial charge in [0.25, 0.3) is 0 Å². The van der Waals surface area contributed by atoms with E-state index in [1.54, 1.807) is 0 Å². The second-order valence-corrected chi connectivity index (χ2v) is 5.53. The zero-order valence-corrected chi connectivity index (χ0v) is 10.4. The second kappa shape index (κ2) is 4.68. The molecule has 2 aromatic rings. The fourth-order valence-electron chi connectivity index (χ4n) is 1.34. The third-order valence-corrected chi connectivity index (χ3v) is 4.26. The summed E-state index contributed by atoms with van der Waals surface area (Å²) < 4.78 is 1.27. The van der Waals surface area contributed by atoms with Crippen molar-refractivity contribution in [1.82, 2.24) is 4.98 Å². The molecule has 0 saturated heterocycles. The molecular weight excluding hydrogens is 273 g/mol. The van der Waals surface area contributed by atoms with E-state index in [2.05, 4.69) is 10.9 Å². The number of fused-ring (bicyclic) bond motifs is 1. The van der Waals surface area contributed by atoms with Crippen molar-refractivity contribution in [3.63, 3.8) is 0 Å². The molecule has 2 rings (SSSR count). The summed E-state index contributed by atoms with van der Waals surface area (Å²) in [5.74, 6) is 2.67. The molecule has 0 amide bonds. The molecule has 1 heterocycles. The van der Waals surface area contributed by atoms with E-state index in [-0.39, 0.29) is 0 Å². The molecule has 0 spiro atoms. The summed E-state index contributed by atoms with van der Waals surface area (Å²) in [4.78, 5) is 4.29. The van der Waals surface area contributed by atoms with Crippen molar-refractivity contribution in [2.24, 2.45) is 0 Å². The molecule has 0 N–H and O–H groups in total. The van der Waals surface area contributed by atoms with E-state index in [1.165, 1.54) is 4.46 Å². The van der Waals surface area contributed by atoms with Gasteiger partial charge in [0.1, 0.15) is 0 Å². The van der Waals surface area contributed by atoms with E-state index < -0.39 is 0 Å². The quantitative estimate of drug-likeness (QED) is 0.607. The molecule has 0 aliphatic heterocycles. The maximum absolute atomic E-state index is 5.96. The van der Waals surface area contributed by atoms with Gasteiger partial charge in [-0.2, -0.15) is 0 Å². The van der Waals surface area contributed by atoms with Crippen LogP contribution in [-0.2, 0) is 0 Å². The molecule has 3 heteroatoms. The Bertz CT molecular complexity index is 531. The fourth-order valence-corrected chi connectivity index (χ4v) is 3.01. The summed E-state index contributed by atoms with van der Waals surface area (Å²) in [6.07, 6.45) is 7.10. The Labute approximate surface area is 100 Å². The van der Waals surface area contributed by atoms with E-state index in [0.717, 1.165) is 21.2 Å². The van der Waals surface area contributed by atoms with Crippen LogP contribution in [0.1, 0.15) is 0 Å². The Kier molecular flexibility index (Phi) is 3.28. The van der Waals surface area contributed by atoms with E-state index in [1.807, 2.05) is 30.5 Å². The molecule has 0 aliphatic carbocycles. The molecule has 0 bridgehead atoms. The van der Waals surface area contributed by atoms with Crippen molar-refractivity contribution in [1.29, 1.82) is 0 Å². The first-order chi connectivity index (χ1) is 7.31. The van der Waals surface area contributed by atoms with Gasteiger partial charge in [-0.25, -0.2) is 0 Å². The molecular formula is C12H8ClNSe. The normalized spacial score (nSPS) is 10.1. The van der Waals surface area contributed by atoms with Crippen LogP contribution in [-0.4, -0.2) is 19.9 Å². The second-order valence-electron chi connectivity index (χ2n) is 2.96. The Hall–Kier alpha value is -1.00. The molecule has 0 unspecified atom stereocenters. The minimum absolute atomic E-state index is 0.306. The zero-order chi connectivity index (χ0) is 10.7. The van der Waals surface area contributed by atoms with E-state index in [0.29, 0.717) is 15.0 Å². The number of hydrogen-bond donors (Lipinski definition) is 0. The van der Waals surface area contributed by atoms with E-state index in [4.69, 9.17) is 18.0 Å². The van der Waals surface area contributed by atoms with Crippen molar-refractivity contribution >= 4 is 41.9 Å². The first kappa shape index (κ1) is 10.5. The fraction of sp³-hybridized carbons (Fsp3) is 0.0833. The predicted molar refractivity (Wildman–Crippen MR) is 65.8 cm³/mol. The standard InChI is InChI=1S/C12H8ClNSe/c1-2-7-15-12-5-6-14-11-4-3-9(13)8-10(11)12/h1,3-6,8H,7H2. The maximum atomic E-state index is 5.96. The number of pyridine rings is 1. The average molecular weight is 281 g/mol. The van der Waals surface area contributed by atoms with Crippen LogP contribution in [0.4, 0.5) is 0 Å². The van der Waals surface area contributed by atoms with Crippen molar-refractivity contribution in [3.05, 3.63) is 35.5 Å². The van der Waals surface area contributed by atoms with Crippen molar-refractivity contribution in [2.45, 2.75) is 5.32 Å². The van der Waals surface area contributed by atoms with Crippen LogP contribution in [0.2, 0.25) is 10.3 Å². The summed E-state index contributed by atoms with van der Waals surface area (Å²) in [6.45, 7) is 0. The average Bonchev–Trinajstić information content (AvgIpc) is 2.26. The summed E-state index contributed by atoms with van der Waals surface area (Å²) in [5.41, 5.74) is 0.982. The summed E-state index contributed by atoms with van der Waals surface area (Å²) >= 11 is 6.27. The van der Waals surface area contributed by atoms with Gasteiger partial charge in [0, 0.05) is 0 Å². The monoisotopic (exact) mass is 281 g/mol. The van der Waals surface area contributed by atoms with Gasteiger partial charge in [0.2, 0.25) is 0 Å². The molecule has 0 atom stereocenters. The topological polar surface area (TPSA) is 12.9 Å². The predicted octanol–water partition coefficient (Wildman–Crippen LogP) is 2.27. The summed E-state index contributed by atoms with van der Waals surface area (Å²) in [5, 5.41) is 2.67. The number of aromatic nitrogens is 1. The van der Waals surface area contributed by atoms with Gasteiger partial charge < -0.3 is 0 Å². The third-order valence-electron chi connectivity index (χ3n) is 1.97. The van der Waals surface area contributed by atoms with E-state index >= 15 is 0 Å². The van der Waals surface area contributed by atoms with E-state index in [9.17, 15) is 0 Å². The third kappa shape index (κ3) is 2.33. The van der Waals surface area contributed by atoms with Gasteiger partial charge >= 0.3 is 100 Å². The Morgan fingerprint density at radius 3 is 3.07 bits per heavy atom. The Morgan fingerprint density at radius 2 is 2.27 bits per heavy atom. The molecule has 74 valence electrons. The molecule has 0 aliphatic rings. The van der Waals surface area contributed by atoms with Gasteiger partial charge in [0.15, 0.2) is 0 Å². The zero-order valence-electron chi connectivity index (χ0n) is 7.90. The number of terminal acetylenes is 1. The molecule has 1 nitrogen and oxygen atoms in total. The van der Waals surface area contributed by atoms with Gasteiger partial charge in [-0.3, -0.25) is 0 Å². The van der Waals surface area contributed by atoms with Gasteiger partial charge in [-0.1, -0.05) is 0 Å². The minimum atomic E-state index is 0.306. The van der Waals surface area contributed by atoms with Crippen LogP contribution in [0.3, 0.4) is 0 Å². The number of rotatable bonds is 2. The molecule has 0 saturated carbocycles. The van der Waals surface area contributed by atoms with Gasteiger partial charge in [-0.15, -0.1) is 0 Å². The van der Waals surface area contributed by atoms with Crippen LogP contribution in [0, 0.1) is 12.3 Å². The number of benzene rings is 1. The van der Waals surface area contributed by atoms with Crippen molar-refractivity contribution in [2.75, 3.05) is 0 Å². The van der Waals surface area contributed by atoms with Gasteiger partial charge in [0.05, 0.1) is 0 Å². The first-order valence-electron chi connectivity index (χ1n) is 4.42. The van der Waals surface area contributed by atoms with Crippen molar-refractivity contribution < 1.29 is 0 Å². The molecule has 1 aromatic heterocycles. The molecule has 0 radical (unpaired) electrons. The SMILES string of the molecule is C#CC[Se]c1ccnc2ccc(Cl)cc12. The molecule has 1 aromatic carbocycles. The first-order valence-corrected chi connectivity index (χ1v) is 6.86. The number of halogens is 1. The number of hydrogen-bond acceptors (Lipinski definition) is 1. The number of nitrogens with zero attached hydrogens (tertiary/aromatic N) is 1. The molecule has 0 fully saturated rings. The van der Waals surface area contributed by atoms with Crippen LogP contribution in [0.5, 0.6) is 0 Å². The van der Waals surface area contributed by atoms with Crippen LogP contribution in [0.15, 0.2) is 30.5 Å². The van der Waals surface area contributed by atoms with Crippen LogP contribution < -0.4 is 4.46 Å². The molecule has 15 heavy (non-hydrogen) atoms.